The van der Waals surface area contributed by atoms with Crippen molar-refractivity contribution in [2.45, 2.75) is 11.1 Å². The standard InChI is InChI=1S/C17H12F4N6S/c1-26-16-10(6-23-26)3-2-4-14(16)25-28-11-7-24-27(9-11)15-5-12(17(19,20)21)13(18)8-22-15/h2-9,25H,1H3. The monoisotopic (exact) mass is 408 g/mol. The molecule has 11 heteroatoms. The van der Waals surface area contributed by atoms with Gasteiger partial charge in [-0.25, -0.2) is 14.1 Å². The van der Waals surface area contributed by atoms with Gasteiger partial charge in [0.1, 0.15) is 0 Å². The van der Waals surface area contributed by atoms with Crippen LogP contribution >= 0.6 is 11.9 Å². The number of para-hydroxylation sites is 1. The maximum Gasteiger partial charge on any atom is 0.419 e. The number of aryl methyl sites for hydroxylation is 1. The van der Waals surface area contributed by atoms with Crippen LogP contribution in [0, 0.1) is 5.82 Å². The number of alkyl halides is 3. The van der Waals surface area contributed by atoms with Gasteiger partial charge < -0.3 is 4.72 Å². The highest BCUT2D eigenvalue weighted by atomic mass is 32.2. The van der Waals surface area contributed by atoms with Crippen LogP contribution in [0.25, 0.3) is 16.7 Å². The molecule has 6 nitrogen and oxygen atoms in total. The van der Waals surface area contributed by atoms with Gasteiger partial charge in [-0.1, -0.05) is 12.1 Å². The summed E-state index contributed by atoms with van der Waals surface area (Å²) in [7, 11) is 1.83. The third-order valence-corrected chi connectivity index (χ3v) is 4.75. The number of hydrogen-bond acceptors (Lipinski definition) is 5. The van der Waals surface area contributed by atoms with Crippen molar-refractivity contribution < 1.29 is 17.6 Å². The summed E-state index contributed by atoms with van der Waals surface area (Å²) in [5.41, 5.74) is 0.357. The van der Waals surface area contributed by atoms with E-state index in [0.717, 1.165) is 21.3 Å². The Bertz CT molecular complexity index is 1150. The Morgan fingerprint density at radius 3 is 2.71 bits per heavy atom. The molecule has 0 fully saturated rings. The normalized spacial score (nSPS) is 11.9. The number of pyridine rings is 1. The van der Waals surface area contributed by atoms with Crippen LogP contribution < -0.4 is 4.72 Å². The van der Waals surface area contributed by atoms with Crippen LogP contribution in [-0.2, 0) is 13.2 Å². The Hall–Kier alpha value is -3.08. The van der Waals surface area contributed by atoms with Crippen molar-refractivity contribution >= 4 is 28.5 Å². The third-order valence-electron chi connectivity index (χ3n) is 3.98. The van der Waals surface area contributed by atoms with Crippen LogP contribution in [0.4, 0.5) is 23.2 Å². The van der Waals surface area contributed by atoms with Gasteiger partial charge in [-0.2, -0.15) is 23.4 Å². The lowest BCUT2D eigenvalue weighted by Crippen LogP contribution is -2.10. The average Bonchev–Trinajstić information content (AvgIpc) is 3.27. The number of benzene rings is 1. The van der Waals surface area contributed by atoms with Crippen LogP contribution in [-0.4, -0.2) is 24.5 Å². The highest BCUT2D eigenvalue weighted by Crippen LogP contribution is 2.32. The second-order valence-electron chi connectivity index (χ2n) is 5.86. The summed E-state index contributed by atoms with van der Waals surface area (Å²) in [6.07, 6.45) is 0.451. The Morgan fingerprint density at radius 2 is 1.93 bits per heavy atom. The first-order chi connectivity index (χ1) is 13.3. The van der Waals surface area contributed by atoms with Crippen molar-refractivity contribution in [2.24, 2.45) is 7.05 Å². The fourth-order valence-electron chi connectivity index (χ4n) is 2.68. The molecule has 0 amide bonds. The molecule has 0 atom stereocenters. The minimum Gasteiger partial charge on any atom is -0.324 e. The zero-order chi connectivity index (χ0) is 19.9. The summed E-state index contributed by atoms with van der Waals surface area (Å²) < 4.78 is 58.1. The Balaban J connectivity index is 1.56. The Labute approximate surface area is 160 Å². The molecular weight excluding hydrogens is 396 g/mol. The SMILES string of the molecule is Cn1ncc2cccc(NSc3cnn(-c4cc(C(F)(F)F)c(F)cn4)c3)c21. The number of hydrogen-bond donors (Lipinski definition) is 1. The summed E-state index contributed by atoms with van der Waals surface area (Å²) >= 11 is 1.23. The van der Waals surface area contributed by atoms with Crippen LogP contribution in [0.2, 0.25) is 0 Å². The van der Waals surface area contributed by atoms with Gasteiger partial charge in [0, 0.05) is 18.6 Å². The van der Waals surface area contributed by atoms with Crippen molar-refractivity contribution in [1.82, 2.24) is 24.5 Å². The summed E-state index contributed by atoms with van der Waals surface area (Å²) in [5, 5.41) is 9.19. The molecule has 0 aliphatic heterocycles. The molecule has 3 heterocycles. The molecule has 1 aromatic carbocycles. The Kier molecular flexibility index (Phi) is 4.46. The molecule has 1 N–H and O–H groups in total. The first-order valence-corrected chi connectivity index (χ1v) is 8.76. The molecule has 0 bridgehead atoms. The second-order valence-corrected chi connectivity index (χ2v) is 6.74. The lowest BCUT2D eigenvalue weighted by atomic mass is 10.2. The molecule has 4 aromatic rings. The maximum atomic E-state index is 13.4. The highest BCUT2D eigenvalue weighted by Gasteiger charge is 2.34. The first-order valence-electron chi connectivity index (χ1n) is 7.94. The predicted molar refractivity (Wildman–Crippen MR) is 96.5 cm³/mol. The molecule has 4 rings (SSSR count). The molecule has 144 valence electrons. The molecule has 0 saturated carbocycles. The molecule has 28 heavy (non-hydrogen) atoms. The topological polar surface area (TPSA) is 60.6 Å². The van der Waals surface area contributed by atoms with Gasteiger partial charge in [-0.3, -0.25) is 4.68 Å². The van der Waals surface area contributed by atoms with E-state index < -0.39 is 17.6 Å². The van der Waals surface area contributed by atoms with E-state index in [1.807, 2.05) is 25.2 Å². The van der Waals surface area contributed by atoms with E-state index in [-0.39, 0.29) is 5.82 Å². The van der Waals surface area contributed by atoms with E-state index in [1.54, 1.807) is 10.9 Å². The van der Waals surface area contributed by atoms with E-state index in [9.17, 15) is 17.6 Å². The number of anilines is 1. The number of nitrogens with zero attached hydrogens (tertiary/aromatic N) is 5. The van der Waals surface area contributed by atoms with E-state index in [4.69, 9.17) is 0 Å². The van der Waals surface area contributed by atoms with Gasteiger partial charge in [0.05, 0.1) is 40.3 Å². The minimum absolute atomic E-state index is 0.130. The number of nitrogens with one attached hydrogen (secondary N) is 1. The second kappa shape index (κ2) is 6.82. The van der Waals surface area contributed by atoms with E-state index >= 15 is 0 Å². The van der Waals surface area contributed by atoms with Gasteiger partial charge in [-0.05, 0) is 24.1 Å². The molecule has 0 unspecified atom stereocenters. The summed E-state index contributed by atoms with van der Waals surface area (Å²) in [6, 6.07) is 6.34. The molecule has 0 aliphatic carbocycles. The smallest absolute Gasteiger partial charge is 0.324 e. The van der Waals surface area contributed by atoms with E-state index in [2.05, 4.69) is 19.9 Å². The summed E-state index contributed by atoms with van der Waals surface area (Å²) in [4.78, 5) is 4.32. The summed E-state index contributed by atoms with van der Waals surface area (Å²) in [5.74, 6) is -1.56. The molecule has 3 aromatic heterocycles. The van der Waals surface area contributed by atoms with E-state index in [0.29, 0.717) is 17.2 Å². The minimum atomic E-state index is -4.81. The zero-order valence-corrected chi connectivity index (χ0v) is 15.1. The lowest BCUT2D eigenvalue weighted by Gasteiger charge is -2.09. The number of rotatable bonds is 4. The molecule has 0 spiro atoms. The highest BCUT2D eigenvalue weighted by molar-refractivity contribution is 8.00. The number of halogens is 4. The number of fused-ring (bicyclic) bond motifs is 1. The first kappa shape index (κ1) is 18.3. The van der Waals surface area contributed by atoms with Crippen LogP contribution in [0.1, 0.15) is 5.56 Å². The lowest BCUT2D eigenvalue weighted by molar-refractivity contribution is -0.140. The van der Waals surface area contributed by atoms with Crippen LogP contribution in [0.5, 0.6) is 0 Å². The van der Waals surface area contributed by atoms with Gasteiger partial charge >= 0.3 is 6.18 Å². The average molecular weight is 408 g/mol. The molecule has 0 saturated heterocycles. The third kappa shape index (κ3) is 3.40. The van der Waals surface area contributed by atoms with Crippen molar-refractivity contribution in [3.63, 3.8) is 0 Å². The van der Waals surface area contributed by atoms with Crippen molar-refractivity contribution in [2.75, 3.05) is 4.72 Å². The fourth-order valence-corrected chi connectivity index (χ4v) is 3.33. The largest absolute Gasteiger partial charge is 0.419 e. The van der Waals surface area contributed by atoms with Crippen molar-refractivity contribution in [1.29, 1.82) is 0 Å². The van der Waals surface area contributed by atoms with Gasteiger partial charge in [-0.15, -0.1) is 0 Å². The quantitative estimate of drug-likeness (QED) is 0.400. The molecule has 0 aliphatic rings. The molecule has 0 radical (unpaired) electrons. The van der Waals surface area contributed by atoms with Gasteiger partial charge in [0.2, 0.25) is 0 Å². The van der Waals surface area contributed by atoms with Crippen molar-refractivity contribution in [3.8, 4) is 5.82 Å². The fraction of sp³-hybridized carbons (Fsp3) is 0.118. The zero-order valence-electron chi connectivity index (χ0n) is 14.3. The summed E-state index contributed by atoms with van der Waals surface area (Å²) in [6.45, 7) is 0. The van der Waals surface area contributed by atoms with E-state index in [1.165, 1.54) is 24.3 Å². The van der Waals surface area contributed by atoms with Crippen LogP contribution in [0.3, 0.4) is 0 Å². The van der Waals surface area contributed by atoms with Gasteiger partial charge in [0.15, 0.2) is 11.6 Å². The Morgan fingerprint density at radius 1 is 1.11 bits per heavy atom. The van der Waals surface area contributed by atoms with Crippen molar-refractivity contribution in [3.05, 3.63) is 60.4 Å². The number of aromatic nitrogens is 5. The van der Waals surface area contributed by atoms with Crippen LogP contribution in [0.15, 0.2) is 53.9 Å². The maximum absolute atomic E-state index is 13.4. The van der Waals surface area contributed by atoms with Gasteiger partial charge in [0.25, 0.3) is 0 Å². The predicted octanol–water partition coefficient (Wildman–Crippen LogP) is 4.43. The molecular formula is C17H12F4N6S.